The van der Waals surface area contributed by atoms with Gasteiger partial charge in [-0.15, -0.1) is 0 Å². The van der Waals surface area contributed by atoms with Gasteiger partial charge in [0.15, 0.2) is 12.4 Å². The lowest BCUT2D eigenvalue weighted by atomic mass is 10.1. The van der Waals surface area contributed by atoms with Crippen LogP contribution < -0.4 is 28.5 Å². The van der Waals surface area contributed by atoms with Crippen molar-refractivity contribution in [2.45, 2.75) is 97.4 Å². The Labute approximate surface area is 155 Å². The van der Waals surface area contributed by atoms with Crippen LogP contribution >= 0.6 is 0 Å². The number of nitrogens with zero attached hydrogens (tertiary/aromatic N) is 1. The van der Waals surface area contributed by atoms with Crippen molar-refractivity contribution in [3.05, 3.63) is 30.1 Å². The van der Waals surface area contributed by atoms with Crippen molar-refractivity contribution in [1.29, 1.82) is 0 Å². The predicted octanol–water partition coefficient (Wildman–Crippen LogP) is 2.99. The first kappa shape index (κ1) is 21.9. The fraction of sp³-hybridized carbons (Fsp3) is 0.750. The van der Waals surface area contributed by atoms with E-state index < -0.39 is 0 Å². The smallest absolute Gasteiger partial charge is 0.171 e. The first-order chi connectivity index (χ1) is 10.3. The zero-order valence-corrected chi connectivity index (χ0v) is 17.0. The molecule has 0 saturated heterocycles. The van der Waals surface area contributed by atoms with Crippen LogP contribution in [0.5, 0.6) is 0 Å². The quantitative estimate of drug-likeness (QED) is 0.264. The summed E-state index contributed by atoms with van der Waals surface area (Å²) in [5.41, 5.74) is 1.36. The minimum absolute atomic E-state index is 0. The standard InChI is InChI=1S/C20H36N.HI/c1-3-4-5-6-7-8-9-10-11-12-13-14-17-21-18-15-16-20(2)19-21;/h15-16,18-19H,3-14,17H2,1-2H3;1H/q+1;/p-1. The Hall–Kier alpha value is -0.120. The molecule has 0 saturated carbocycles. The van der Waals surface area contributed by atoms with Crippen LogP contribution in [0.1, 0.15) is 89.5 Å². The maximum atomic E-state index is 2.33. The third kappa shape index (κ3) is 12.4. The molecule has 0 atom stereocenters. The van der Waals surface area contributed by atoms with E-state index in [0.29, 0.717) is 0 Å². The van der Waals surface area contributed by atoms with E-state index in [1.807, 2.05) is 0 Å². The summed E-state index contributed by atoms with van der Waals surface area (Å²) in [6.45, 7) is 5.63. The predicted molar refractivity (Wildman–Crippen MR) is 92.5 cm³/mol. The normalized spacial score (nSPS) is 10.5. The molecular weight excluding hydrogens is 381 g/mol. The van der Waals surface area contributed by atoms with Gasteiger partial charge in [-0.3, -0.25) is 0 Å². The molecule has 1 nitrogen and oxygen atoms in total. The second-order valence-electron chi connectivity index (χ2n) is 6.51. The minimum Gasteiger partial charge on any atom is -1.00 e. The third-order valence-corrected chi connectivity index (χ3v) is 4.28. The maximum Gasteiger partial charge on any atom is 0.171 e. The molecular formula is C20H36IN. The van der Waals surface area contributed by atoms with Gasteiger partial charge in [0, 0.05) is 18.1 Å². The molecule has 0 amide bonds. The van der Waals surface area contributed by atoms with Gasteiger partial charge in [-0.2, -0.15) is 0 Å². The summed E-state index contributed by atoms with van der Waals surface area (Å²) < 4.78 is 2.33. The second kappa shape index (κ2) is 15.8. The summed E-state index contributed by atoms with van der Waals surface area (Å²) >= 11 is 0. The zero-order chi connectivity index (χ0) is 15.2. The van der Waals surface area contributed by atoms with Crippen molar-refractivity contribution in [3.8, 4) is 0 Å². The maximum absolute atomic E-state index is 2.33. The molecule has 2 heteroatoms. The summed E-state index contributed by atoms with van der Waals surface area (Å²) in [5.74, 6) is 0. The van der Waals surface area contributed by atoms with E-state index in [1.165, 1.54) is 89.2 Å². The number of aromatic nitrogens is 1. The molecule has 0 spiro atoms. The number of rotatable bonds is 13. The molecule has 0 aliphatic rings. The van der Waals surface area contributed by atoms with Crippen LogP contribution in [0.25, 0.3) is 0 Å². The van der Waals surface area contributed by atoms with Crippen molar-refractivity contribution < 1.29 is 28.5 Å². The summed E-state index contributed by atoms with van der Waals surface area (Å²) in [4.78, 5) is 0. The van der Waals surface area contributed by atoms with Crippen LogP contribution in [-0.2, 0) is 6.54 Å². The molecule has 128 valence electrons. The molecule has 0 fully saturated rings. The number of halogens is 1. The van der Waals surface area contributed by atoms with Gasteiger partial charge in [0.1, 0.15) is 6.54 Å². The third-order valence-electron chi connectivity index (χ3n) is 4.28. The molecule has 1 aromatic rings. The molecule has 0 aromatic carbocycles. The van der Waals surface area contributed by atoms with Crippen LogP contribution in [0.4, 0.5) is 0 Å². The van der Waals surface area contributed by atoms with Gasteiger partial charge in [-0.1, -0.05) is 71.1 Å². The highest BCUT2D eigenvalue weighted by molar-refractivity contribution is 5.01. The molecule has 0 aliphatic heterocycles. The molecule has 1 rings (SSSR count). The van der Waals surface area contributed by atoms with Gasteiger partial charge in [-0.25, -0.2) is 4.57 Å². The fourth-order valence-electron chi connectivity index (χ4n) is 2.93. The molecule has 0 unspecified atom stereocenters. The summed E-state index contributed by atoms with van der Waals surface area (Å²) in [5, 5.41) is 0. The van der Waals surface area contributed by atoms with Gasteiger partial charge < -0.3 is 24.0 Å². The second-order valence-corrected chi connectivity index (χ2v) is 6.51. The van der Waals surface area contributed by atoms with Gasteiger partial charge in [0.05, 0.1) is 0 Å². The van der Waals surface area contributed by atoms with E-state index in [0.717, 1.165) is 0 Å². The number of pyridine rings is 1. The monoisotopic (exact) mass is 417 g/mol. The van der Waals surface area contributed by atoms with Gasteiger partial charge in [0.2, 0.25) is 0 Å². The Morgan fingerprint density at radius 1 is 0.773 bits per heavy atom. The van der Waals surface area contributed by atoms with Crippen molar-refractivity contribution in [2.24, 2.45) is 0 Å². The Morgan fingerprint density at radius 3 is 1.77 bits per heavy atom. The van der Waals surface area contributed by atoms with Gasteiger partial charge in [-0.05, 0) is 19.4 Å². The number of hydrogen-bond acceptors (Lipinski definition) is 0. The Bertz CT molecular complexity index is 351. The molecule has 0 N–H and O–H groups in total. The summed E-state index contributed by atoms with van der Waals surface area (Å²) in [6.07, 6.45) is 21.5. The molecule has 22 heavy (non-hydrogen) atoms. The van der Waals surface area contributed by atoms with Crippen LogP contribution in [-0.4, -0.2) is 0 Å². The Morgan fingerprint density at radius 2 is 1.27 bits per heavy atom. The lowest BCUT2D eigenvalue weighted by Crippen LogP contribution is -3.00. The summed E-state index contributed by atoms with van der Waals surface area (Å²) in [7, 11) is 0. The van der Waals surface area contributed by atoms with E-state index >= 15 is 0 Å². The van der Waals surface area contributed by atoms with Crippen LogP contribution in [0.3, 0.4) is 0 Å². The van der Waals surface area contributed by atoms with E-state index in [1.54, 1.807) is 0 Å². The van der Waals surface area contributed by atoms with Crippen LogP contribution in [0.15, 0.2) is 24.5 Å². The number of unbranched alkanes of at least 4 members (excludes halogenated alkanes) is 11. The van der Waals surface area contributed by atoms with Crippen molar-refractivity contribution >= 4 is 0 Å². The van der Waals surface area contributed by atoms with E-state index in [2.05, 4.69) is 42.9 Å². The summed E-state index contributed by atoms with van der Waals surface area (Å²) in [6, 6.07) is 4.31. The molecule has 0 radical (unpaired) electrons. The topological polar surface area (TPSA) is 3.88 Å². The first-order valence-electron chi connectivity index (χ1n) is 9.28. The number of aryl methyl sites for hydroxylation is 2. The molecule has 1 heterocycles. The van der Waals surface area contributed by atoms with Crippen molar-refractivity contribution in [1.82, 2.24) is 0 Å². The Kier molecular flexibility index (Phi) is 15.7. The fourth-order valence-corrected chi connectivity index (χ4v) is 2.93. The molecule has 0 bridgehead atoms. The highest BCUT2D eigenvalue weighted by Gasteiger charge is 1.99. The van der Waals surface area contributed by atoms with Crippen LogP contribution in [0.2, 0.25) is 0 Å². The van der Waals surface area contributed by atoms with Crippen LogP contribution in [0, 0.1) is 6.92 Å². The van der Waals surface area contributed by atoms with E-state index in [9.17, 15) is 0 Å². The van der Waals surface area contributed by atoms with Crippen molar-refractivity contribution in [3.63, 3.8) is 0 Å². The first-order valence-corrected chi connectivity index (χ1v) is 9.28. The van der Waals surface area contributed by atoms with E-state index in [-0.39, 0.29) is 24.0 Å². The average molecular weight is 417 g/mol. The highest BCUT2D eigenvalue weighted by Crippen LogP contribution is 2.11. The SMILES string of the molecule is CCCCCCCCCCCCCC[n+]1cccc(C)c1.[I-]. The minimum atomic E-state index is 0. The Balaban J connectivity index is 0.00000441. The van der Waals surface area contributed by atoms with E-state index in [4.69, 9.17) is 0 Å². The lowest BCUT2D eigenvalue weighted by molar-refractivity contribution is -0.697. The zero-order valence-electron chi connectivity index (χ0n) is 14.8. The highest BCUT2D eigenvalue weighted by atomic mass is 127. The molecule has 0 aliphatic carbocycles. The van der Waals surface area contributed by atoms with Crippen molar-refractivity contribution in [2.75, 3.05) is 0 Å². The lowest BCUT2D eigenvalue weighted by Gasteiger charge is -2.02. The van der Waals surface area contributed by atoms with Gasteiger partial charge in [0.25, 0.3) is 0 Å². The average Bonchev–Trinajstić information content (AvgIpc) is 2.48. The number of hydrogen-bond donors (Lipinski definition) is 0. The largest absolute Gasteiger partial charge is 1.00 e. The molecule has 1 aromatic heterocycles. The van der Waals surface area contributed by atoms with Gasteiger partial charge >= 0.3 is 0 Å².